The normalized spacial score (nSPS) is 12.0. The highest BCUT2D eigenvalue weighted by atomic mass is 32.1. The van der Waals surface area contributed by atoms with E-state index >= 15 is 0 Å². The van der Waals surface area contributed by atoms with Crippen molar-refractivity contribution in [3.05, 3.63) is 106 Å². The Hall–Kier alpha value is -4.71. The summed E-state index contributed by atoms with van der Waals surface area (Å²) in [5, 5.41) is 9.28. The van der Waals surface area contributed by atoms with E-state index in [-0.39, 0.29) is 12.3 Å². The van der Waals surface area contributed by atoms with Gasteiger partial charge >= 0.3 is 12.4 Å². The van der Waals surface area contributed by atoms with Gasteiger partial charge in [-0.3, -0.25) is 4.57 Å². The Morgan fingerprint density at radius 3 is 2.49 bits per heavy atom. The molecule has 222 valence electrons. The second kappa shape index (κ2) is 12.7. The average Bonchev–Trinajstić information content (AvgIpc) is 3.60. The Balaban J connectivity index is 1.25. The van der Waals surface area contributed by atoms with Crippen molar-refractivity contribution in [2.75, 3.05) is 0 Å². The van der Waals surface area contributed by atoms with Crippen molar-refractivity contribution in [2.24, 2.45) is 4.99 Å². The lowest BCUT2D eigenvalue weighted by Gasteiger charge is -2.13. The number of hydrogen-bond acceptors (Lipinski definition) is 5. The van der Waals surface area contributed by atoms with Crippen LogP contribution in [0.2, 0.25) is 0 Å². The van der Waals surface area contributed by atoms with Gasteiger partial charge < -0.3 is 10.1 Å². The number of nitrogens with one attached hydrogen (secondary N) is 1. The van der Waals surface area contributed by atoms with E-state index in [1.807, 2.05) is 41.1 Å². The van der Waals surface area contributed by atoms with Crippen LogP contribution in [0.1, 0.15) is 35.7 Å². The number of benzene rings is 3. The largest absolute Gasteiger partial charge is 0.573 e. The number of rotatable bonds is 8. The number of aryl methyl sites for hydroxylation is 3. The molecule has 0 radical (unpaired) electrons. The number of carbonyl (C=O) groups excluding carboxylic acids is 1. The summed E-state index contributed by atoms with van der Waals surface area (Å²) in [4.78, 5) is 22.1. The summed E-state index contributed by atoms with van der Waals surface area (Å²) in [6.07, 6.45) is -1.33. The second-order valence-corrected chi connectivity index (χ2v) is 10.7. The summed E-state index contributed by atoms with van der Waals surface area (Å²) in [7, 11) is 0. The average molecular weight is 607 g/mol. The fourth-order valence-electron chi connectivity index (χ4n) is 4.52. The summed E-state index contributed by atoms with van der Waals surface area (Å²) in [5.41, 5.74) is 6.55. The molecule has 0 aliphatic carbocycles. The van der Waals surface area contributed by atoms with Crippen molar-refractivity contribution in [1.82, 2.24) is 24.6 Å². The number of aromatic nitrogens is 4. The quantitative estimate of drug-likeness (QED) is 0.205. The van der Waals surface area contributed by atoms with Crippen molar-refractivity contribution < 1.29 is 22.7 Å². The molecule has 0 aliphatic rings. The van der Waals surface area contributed by atoms with Crippen LogP contribution in [-0.4, -0.2) is 31.7 Å². The van der Waals surface area contributed by atoms with Gasteiger partial charge in [-0.25, -0.2) is 14.5 Å². The summed E-state index contributed by atoms with van der Waals surface area (Å²) < 4.78 is 44.6. The second-order valence-electron chi connectivity index (χ2n) is 9.90. The number of urea groups is 1. The SMILES string of the molecule is CCCc1ccc(C)cc1-n1c(C)csc1=NC(=O)NCc1ccc(-c2ncn(-c3ccc(OC(F)(F)F)cc3)n2)cc1. The van der Waals surface area contributed by atoms with Crippen molar-refractivity contribution >= 4 is 17.4 Å². The predicted octanol–water partition coefficient (Wildman–Crippen LogP) is 7.06. The molecule has 0 spiro atoms. The van der Waals surface area contributed by atoms with E-state index in [0.29, 0.717) is 16.3 Å². The molecule has 0 saturated carbocycles. The summed E-state index contributed by atoms with van der Waals surface area (Å²) in [6.45, 7) is 6.49. The van der Waals surface area contributed by atoms with Crippen molar-refractivity contribution in [1.29, 1.82) is 0 Å². The van der Waals surface area contributed by atoms with Crippen LogP contribution in [0.3, 0.4) is 0 Å². The molecular formula is C31H29F3N6O2S. The van der Waals surface area contributed by atoms with Gasteiger partial charge in [0.05, 0.1) is 11.4 Å². The molecule has 2 heterocycles. The monoisotopic (exact) mass is 606 g/mol. The van der Waals surface area contributed by atoms with Gasteiger partial charge in [0.2, 0.25) is 0 Å². The molecule has 8 nitrogen and oxygen atoms in total. The van der Waals surface area contributed by atoms with E-state index in [0.717, 1.165) is 40.9 Å². The Kier molecular flexibility index (Phi) is 8.76. The first-order chi connectivity index (χ1) is 20.6. The van der Waals surface area contributed by atoms with Gasteiger partial charge in [0.25, 0.3) is 0 Å². The number of hydrogen-bond donors (Lipinski definition) is 1. The zero-order valence-corrected chi connectivity index (χ0v) is 24.5. The maximum absolute atomic E-state index is 12.8. The lowest BCUT2D eigenvalue weighted by atomic mass is 10.1. The number of nitrogens with zero attached hydrogens (tertiary/aromatic N) is 5. The molecule has 12 heteroatoms. The molecule has 2 aromatic heterocycles. The molecule has 2 amide bonds. The van der Waals surface area contributed by atoms with Crippen molar-refractivity contribution in [3.63, 3.8) is 0 Å². The molecule has 0 bridgehead atoms. The van der Waals surface area contributed by atoms with E-state index in [2.05, 4.69) is 57.2 Å². The van der Waals surface area contributed by atoms with Gasteiger partial charge in [-0.2, -0.15) is 4.99 Å². The Labute approximate surface area is 250 Å². The third-order valence-corrected chi connectivity index (χ3v) is 7.50. The van der Waals surface area contributed by atoms with Crippen LogP contribution < -0.4 is 14.9 Å². The van der Waals surface area contributed by atoms with E-state index in [9.17, 15) is 18.0 Å². The number of thiazole rings is 1. The van der Waals surface area contributed by atoms with Crippen LogP contribution >= 0.6 is 11.3 Å². The van der Waals surface area contributed by atoms with Crippen LogP contribution in [-0.2, 0) is 13.0 Å². The minimum Gasteiger partial charge on any atom is -0.406 e. The first-order valence-corrected chi connectivity index (χ1v) is 14.4. The first-order valence-electron chi connectivity index (χ1n) is 13.6. The van der Waals surface area contributed by atoms with Crippen molar-refractivity contribution in [2.45, 2.75) is 46.5 Å². The van der Waals surface area contributed by atoms with Gasteiger partial charge in [0.15, 0.2) is 10.6 Å². The topological polar surface area (TPSA) is 86.3 Å². The third kappa shape index (κ3) is 7.39. The Bertz CT molecular complexity index is 1790. The number of alkyl halides is 3. The minimum absolute atomic E-state index is 0.284. The van der Waals surface area contributed by atoms with E-state index < -0.39 is 12.4 Å². The highest BCUT2D eigenvalue weighted by molar-refractivity contribution is 7.07. The molecular weight excluding hydrogens is 577 g/mol. The molecule has 0 aliphatic heterocycles. The molecule has 3 aromatic carbocycles. The zero-order chi connectivity index (χ0) is 30.6. The highest BCUT2D eigenvalue weighted by Crippen LogP contribution is 2.24. The number of ether oxygens (including phenoxy) is 1. The lowest BCUT2D eigenvalue weighted by molar-refractivity contribution is -0.274. The molecule has 0 fully saturated rings. The molecule has 5 rings (SSSR count). The van der Waals surface area contributed by atoms with Gasteiger partial charge in [-0.15, -0.1) is 29.6 Å². The minimum atomic E-state index is -4.75. The molecule has 0 unspecified atom stereocenters. The van der Waals surface area contributed by atoms with Crippen molar-refractivity contribution in [3.8, 4) is 28.5 Å². The van der Waals surface area contributed by atoms with Crippen LogP contribution in [0.5, 0.6) is 5.75 Å². The van der Waals surface area contributed by atoms with Crippen LogP contribution in [0.15, 0.2) is 83.4 Å². The van der Waals surface area contributed by atoms with E-state index in [4.69, 9.17) is 0 Å². The van der Waals surface area contributed by atoms with Crippen LogP contribution in [0.4, 0.5) is 18.0 Å². The van der Waals surface area contributed by atoms with Gasteiger partial charge in [-0.05, 0) is 67.3 Å². The molecule has 5 aromatic rings. The standard InChI is InChI=1S/C31H29F3N6O2S/c1-4-5-23-9-6-20(2)16-27(23)40-21(3)18-43-30(40)37-29(41)35-17-22-7-10-24(11-8-22)28-36-19-39(38-28)25-12-14-26(15-13-25)42-31(32,33)34/h6-16,18-19H,4-5,17H2,1-3H3,(H,35,41). The number of halogens is 3. The van der Waals surface area contributed by atoms with Gasteiger partial charge in [0.1, 0.15) is 12.1 Å². The van der Waals surface area contributed by atoms with Crippen LogP contribution in [0.25, 0.3) is 22.8 Å². The third-order valence-electron chi connectivity index (χ3n) is 6.56. The van der Waals surface area contributed by atoms with E-state index in [1.54, 1.807) is 0 Å². The first kappa shape index (κ1) is 29.8. The smallest absolute Gasteiger partial charge is 0.406 e. The van der Waals surface area contributed by atoms with Gasteiger partial charge in [-0.1, -0.05) is 49.7 Å². The molecule has 43 heavy (non-hydrogen) atoms. The molecule has 0 saturated heterocycles. The van der Waals surface area contributed by atoms with Gasteiger partial charge in [0, 0.05) is 23.2 Å². The summed E-state index contributed by atoms with van der Waals surface area (Å²) in [5.74, 6) is 0.126. The number of amides is 2. The maximum atomic E-state index is 12.8. The Morgan fingerprint density at radius 1 is 1.05 bits per heavy atom. The zero-order valence-electron chi connectivity index (χ0n) is 23.7. The fourth-order valence-corrected chi connectivity index (χ4v) is 5.39. The number of carbonyl (C=O) groups is 1. The summed E-state index contributed by atoms with van der Waals surface area (Å²) in [6, 6.07) is 18.7. The summed E-state index contributed by atoms with van der Waals surface area (Å²) >= 11 is 1.42. The lowest BCUT2D eigenvalue weighted by Crippen LogP contribution is -2.24. The molecule has 1 N–H and O–H groups in total. The molecule has 0 atom stereocenters. The fraction of sp³-hybridized carbons (Fsp3) is 0.226. The van der Waals surface area contributed by atoms with Crippen LogP contribution in [0, 0.1) is 13.8 Å². The van der Waals surface area contributed by atoms with E-state index in [1.165, 1.54) is 52.2 Å². The highest BCUT2D eigenvalue weighted by Gasteiger charge is 2.31. The maximum Gasteiger partial charge on any atom is 0.573 e. The predicted molar refractivity (Wildman–Crippen MR) is 158 cm³/mol. The Morgan fingerprint density at radius 2 is 1.79 bits per heavy atom.